The van der Waals surface area contributed by atoms with Crippen LogP contribution in [-0.4, -0.2) is 106 Å². The summed E-state index contributed by atoms with van der Waals surface area (Å²) in [4.78, 5) is 52.2. The number of carbonyl (C=O) groups excluding carboxylic acids is 3. The van der Waals surface area contributed by atoms with E-state index < -0.39 is 86.1 Å². The van der Waals surface area contributed by atoms with E-state index >= 15 is 14.4 Å². The van der Waals surface area contributed by atoms with Gasteiger partial charge in [0, 0.05) is 46.7 Å². The number of aliphatic hydroxyl groups excluding tert-OH is 3. The molecule has 8 heterocycles. The van der Waals surface area contributed by atoms with E-state index in [1.165, 1.54) is 11.1 Å². The number of aliphatic hydroxyl groups is 3. The summed E-state index contributed by atoms with van der Waals surface area (Å²) in [6.45, 7) is 10.5. The number of Topliss-reactive ketones (excluding diaryl/α,β-unsaturated/α-hetero) is 1. The average molecular weight is 1160 g/mol. The first-order valence-electron chi connectivity index (χ1n) is 34.0. The number of esters is 2. The Kier molecular flexibility index (Phi) is 11.2. The molecule has 16 aliphatic rings. The van der Waals surface area contributed by atoms with Gasteiger partial charge in [-0.3, -0.25) is 14.9 Å². The van der Waals surface area contributed by atoms with Gasteiger partial charge in [0.1, 0.15) is 41.2 Å². The lowest BCUT2D eigenvalue weighted by Crippen LogP contribution is -2.84. The van der Waals surface area contributed by atoms with Gasteiger partial charge in [-0.05, 0) is 184 Å². The van der Waals surface area contributed by atoms with Crippen molar-refractivity contribution in [3.8, 4) is 0 Å². The molecule has 18 rings (SSSR count). The summed E-state index contributed by atoms with van der Waals surface area (Å²) in [7, 11) is 0. The number of epoxide rings is 1. The smallest absolute Gasteiger partial charge is 0.339 e. The van der Waals surface area contributed by atoms with E-state index in [2.05, 4.69) is 98.7 Å². The van der Waals surface area contributed by atoms with Crippen LogP contribution in [0, 0.1) is 109 Å². The van der Waals surface area contributed by atoms with Gasteiger partial charge in [0.15, 0.2) is 11.9 Å². The number of hydrogen-bond donors (Lipinski definition) is 4. The zero-order valence-corrected chi connectivity index (χ0v) is 50.4. The number of rotatable bonds is 11. The highest BCUT2D eigenvalue weighted by Crippen LogP contribution is 2.95. The first-order valence-corrected chi connectivity index (χ1v) is 34.0. The summed E-state index contributed by atoms with van der Waals surface area (Å²) >= 11 is 0. The number of allylic oxidation sites excluding steroid dienone is 2. The van der Waals surface area contributed by atoms with Crippen LogP contribution in [0.25, 0.3) is 0 Å². The van der Waals surface area contributed by atoms with Crippen molar-refractivity contribution in [3.63, 3.8) is 0 Å². The number of hydrogen-bond acceptors (Lipinski definition) is 13. The number of cyclic esters (lactones) is 2. The number of ether oxygens (including phenoxy) is 4. The molecule has 13 fully saturated rings. The normalized spacial score (nSPS) is 51.5. The lowest BCUT2D eigenvalue weighted by atomic mass is 9.28. The van der Waals surface area contributed by atoms with Crippen molar-refractivity contribution in [2.75, 3.05) is 26.4 Å². The van der Waals surface area contributed by atoms with Crippen molar-refractivity contribution < 1.29 is 53.1 Å². The van der Waals surface area contributed by atoms with Crippen molar-refractivity contribution in [2.24, 2.45) is 109 Å². The third kappa shape index (κ3) is 5.93. The summed E-state index contributed by atoms with van der Waals surface area (Å²) in [5.74, 6) is -0.414. The van der Waals surface area contributed by atoms with E-state index in [-0.39, 0.29) is 83.6 Å². The molecule has 1 aromatic carbocycles. The number of benzene rings is 1. The fourth-order valence-corrected chi connectivity index (χ4v) is 27.5. The number of nitrogens with zero attached hydrogens (tertiary/aromatic N) is 1. The van der Waals surface area contributed by atoms with E-state index in [9.17, 15) is 15.3 Å². The maximum Gasteiger partial charge on any atom is 0.339 e. The fourth-order valence-electron chi connectivity index (χ4n) is 27.5. The van der Waals surface area contributed by atoms with Crippen LogP contribution in [0.4, 0.5) is 0 Å². The molecule has 5 saturated heterocycles. The Labute approximate surface area is 500 Å². The molecule has 0 amide bonds. The first kappa shape index (κ1) is 53.9. The Morgan fingerprint density at radius 1 is 0.918 bits per heavy atom. The predicted molar refractivity (Wildman–Crippen MR) is 312 cm³/mol. The van der Waals surface area contributed by atoms with E-state index in [1.807, 2.05) is 6.07 Å². The van der Waals surface area contributed by atoms with E-state index in [0.717, 1.165) is 122 Å². The van der Waals surface area contributed by atoms with Gasteiger partial charge in [-0.1, -0.05) is 101 Å². The second-order valence-corrected chi connectivity index (χ2v) is 32.3. The largest absolute Gasteiger partial charge is 0.469 e. The molecule has 0 unspecified atom stereocenters. The maximum atomic E-state index is 17.4. The quantitative estimate of drug-likeness (QED) is 0.0950. The second kappa shape index (κ2) is 17.6. The van der Waals surface area contributed by atoms with Crippen molar-refractivity contribution >= 4 is 17.7 Å². The summed E-state index contributed by atoms with van der Waals surface area (Å²) in [5.41, 5.74) is -5.94. The van der Waals surface area contributed by atoms with Gasteiger partial charge in [-0.15, -0.1) is 0 Å². The molecule has 13 nitrogen and oxygen atoms in total. The average Bonchev–Trinajstić information content (AvgIpc) is 1.44. The minimum absolute atomic E-state index is 0.0201. The Hall–Kier alpha value is -4.11. The summed E-state index contributed by atoms with van der Waals surface area (Å²) < 4.78 is 37.2. The van der Waals surface area contributed by atoms with E-state index in [4.69, 9.17) is 23.4 Å². The molecule has 8 saturated carbocycles. The number of nitrogens with one attached hydrogen (secondary N) is 1. The number of fused-ring (bicyclic) bond motifs is 5. The van der Waals surface area contributed by atoms with Gasteiger partial charge in [0.2, 0.25) is 0 Å². The monoisotopic (exact) mass is 1160 g/mol. The molecular formula is C72H90N2O11. The van der Waals surface area contributed by atoms with Gasteiger partial charge >= 0.3 is 11.9 Å². The number of carbonyl (C=O) groups is 3. The molecule has 7 aliphatic heterocycles. The third-order valence-electron chi connectivity index (χ3n) is 29.5. The lowest BCUT2D eigenvalue weighted by molar-refractivity contribution is -0.311. The second-order valence-electron chi connectivity index (χ2n) is 32.3. The maximum absolute atomic E-state index is 17.4. The van der Waals surface area contributed by atoms with Crippen LogP contribution in [0.15, 0.2) is 83.2 Å². The van der Waals surface area contributed by atoms with Gasteiger partial charge in [-0.25, -0.2) is 4.79 Å². The zero-order valence-electron chi connectivity index (χ0n) is 50.4. The van der Waals surface area contributed by atoms with Crippen molar-refractivity contribution in [2.45, 2.75) is 191 Å². The molecular weight excluding hydrogens is 1070 g/mol. The summed E-state index contributed by atoms with van der Waals surface area (Å²) in [5, 5.41) is 41.3. The Morgan fingerprint density at radius 3 is 2.56 bits per heavy atom. The standard InChI is InChI=1S/C72H90N2O11/c1-39(2)25-47-30-49-31-48-29-45-17-22-68-63(80)82-37-67-57-44(34-69(48,68)66(45)20-8-9-21-66)33-64(3)60(51-19-24-81-55(51)32-52(54(76)36-75)42-15-16-50-43(28-42)18-23-74-38-73-35-53(50)74)83-62(79)61-72(64,84-61)70(57,59(78)56(77)58(67)65(47,4)85-71(49,67)68)46-14-10-13-41(27-46)26-40-11-6-5-7-12-40/h5-7,11-12,17-19,22-24,30,39,41-48,50,52-54,57-61,73,75-76,78H,8-10,13-16,20-21,25-29,31-38H2,1-4H3/t41-,42-,43+,44-,45-,46-,47+,48+,50+,52-,53-,54+,57+,58+,59+,60-,61+,64-,65-,67+,68-,69-,70-,71+,72+/m0/s1. The van der Waals surface area contributed by atoms with Crippen LogP contribution in [-0.2, 0) is 46.2 Å². The van der Waals surface area contributed by atoms with Crippen LogP contribution in [0.1, 0.15) is 153 Å². The molecule has 85 heavy (non-hydrogen) atoms. The van der Waals surface area contributed by atoms with Gasteiger partial charge in [0.25, 0.3) is 0 Å². The SMILES string of the molecule is CC(C)C[C@@H]1C=C2C[C@H]3C[C@@H]4C=C[C@]56C(=O)OC[C@]78[C@H](C(=O)[C@@H](O)[C@]9([C@H]%10CCC[C@@H](Cc%11ccccc%11)C%10)[C@@H]7[C@@H](C[C@@]7(C)[C@H](c%10ccoc%10C[C@@H]([C@H]%10CC[C@@H]%11[C@H](C=CN%12CNC[C@@H]%11%12)C%10)[C@H](O)CO)OC(=O)[C@H]%10O[C@@]%1097)C[C@@]35C43CCCC3)[C@@]1(C)O[C@]286. The van der Waals surface area contributed by atoms with Gasteiger partial charge < -0.3 is 43.6 Å². The number of ketones is 1. The first-order chi connectivity index (χ1) is 41.0. The topological polar surface area (TPSA) is 181 Å². The van der Waals surface area contributed by atoms with Crippen molar-refractivity contribution in [1.82, 2.24) is 10.2 Å². The highest BCUT2D eigenvalue weighted by atomic mass is 16.7. The lowest BCUT2D eigenvalue weighted by Gasteiger charge is -2.74. The molecule has 6 spiro atoms. The minimum Gasteiger partial charge on any atom is -0.469 e. The molecule has 2 aromatic rings. The summed E-state index contributed by atoms with van der Waals surface area (Å²) in [6.07, 6.45) is 24.9. The fraction of sp³-hybridized carbons (Fsp3) is 0.736. The minimum atomic E-state index is -1.52. The Balaban J connectivity index is 0.854. The highest BCUT2D eigenvalue weighted by molar-refractivity contribution is 5.95. The van der Waals surface area contributed by atoms with Crippen molar-refractivity contribution in [1.29, 1.82) is 0 Å². The van der Waals surface area contributed by atoms with E-state index in [0.29, 0.717) is 36.5 Å². The van der Waals surface area contributed by atoms with Crippen LogP contribution >= 0.6 is 0 Å². The van der Waals surface area contributed by atoms with Gasteiger partial charge in [-0.2, -0.15) is 0 Å². The molecule has 0 radical (unpaired) electrons. The Bertz CT molecular complexity index is 3260. The Morgan fingerprint density at radius 2 is 1.75 bits per heavy atom. The van der Waals surface area contributed by atoms with Crippen LogP contribution in [0.5, 0.6) is 0 Å². The number of furan rings is 1. The summed E-state index contributed by atoms with van der Waals surface area (Å²) in [6, 6.07) is 13.2. The van der Waals surface area contributed by atoms with Crippen LogP contribution in [0.2, 0.25) is 0 Å². The highest BCUT2D eigenvalue weighted by Gasteiger charge is 3.01. The molecule has 1 aromatic heterocycles. The van der Waals surface area contributed by atoms with Crippen molar-refractivity contribution in [3.05, 3.63) is 95.6 Å². The van der Waals surface area contributed by atoms with E-state index in [1.54, 1.807) is 6.26 Å². The molecule has 13 heteroatoms. The molecule has 454 valence electrons. The van der Waals surface area contributed by atoms with Gasteiger partial charge in [0.05, 0.1) is 42.6 Å². The molecule has 25 atom stereocenters. The molecule has 9 aliphatic carbocycles. The predicted octanol–water partition coefficient (Wildman–Crippen LogP) is 9.78. The zero-order chi connectivity index (χ0) is 57.8. The molecule has 6 bridgehead atoms. The molecule has 4 N–H and O–H groups in total. The van der Waals surface area contributed by atoms with Crippen LogP contribution in [0.3, 0.4) is 0 Å². The van der Waals surface area contributed by atoms with Crippen LogP contribution < -0.4 is 5.32 Å². The third-order valence-corrected chi connectivity index (χ3v) is 29.5.